The van der Waals surface area contributed by atoms with Gasteiger partial charge in [-0.1, -0.05) is 42.5 Å². The van der Waals surface area contributed by atoms with Crippen LogP contribution in [0, 0.1) is 0 Å². The van der Waals surface area contributed by atoms with Crippen LogP contribution in [-0.4, -0.2) is 12.1 Å². The van der Waals surface area contributed by atoms with Crippen LogP contribution in [0.15, 0.2) is 54.6 Å². The van der Waals surface area contributed by atoms with Crippen molar-refractivity contribution in [3.63, 3.8) is 0 Å². The van der Waals surface area contributed by atoms with Gasteiger partial charge in [-0.05, 0) is 23.3 Å². The number of rotatable bonds is 5. The highest BCUT2D eigenvalue weighted by molar-refractivity contribution is 5.32. The van der Waals surface area contributed by atoms with Crippen LogP contribution in [0.3, 0.4) is 0 Å². The topological polar surface area (TPSA) is 35.2 Å². The SMILES string of the molecule is N[C@H](c1cccc(OCc2ccccc2)c1)C(F)(F)C(F)(F)F. The van der Waals surface area contributed by atoms with Gasteiger partial charge in [0.2, 0.25) is 0 Å². The monoisotopic (exact) mass is 331 g/mol. The summed E-state index contributed by atoms with van der Waals surface area (Å²) in [5.74, 6) is -4.86. The molecule has 0 aromatic heterocycles. The van der Waals surface area contributed by atoms with Crippen molar-refractivity contribution in [2.24, 2.45) is 5.73 Å². The van der Waals surface area contributed by atoms with Crippen molar-refractivity contribution in [3.8, 4) is 5.75 Å². The molecule has 0 saturated carbocycles. The van der Waals surface area contributed by atoms with E-state index in [9.17, 15) is 22.0 Å². The Morgan fingerprint density at radius 1 is 0.913 bits per heavy atom. The van der Waals surface area contributed by atoms with Gasteiger partial charge in [0.1, 0.15) is 18.4 Å². The molecule has 7 heteroatoms. The third kappa shape index (κ3) is 3.98. The van der Waals surface area contributed by atoms with E-state index in [-0.39, 0.29) is 17.9 Å². The molecular formula is C16H14F5NO. The highest BCUT2D eigenvalue weighted by Gasteiger charge is 2.61. The fourth-order valence-electron chi connectivity index (χ4n) is 1.92. The van der Waals surface area contributed by atoms with E-state index in [4.69, 9.17) is 10.5 Å². The molecule has 0 unspecified atom stereocenters. The second-order valence-electron chi connectivity index (χ2n) is 4.95. The second-order valence-corrected chi connectivity index (χ2v) is 4.95. The maximum Gasteiger partial charge on any atom is 0.455 e. The number of halogens is 5. The first-order valence-corrected chi connectivity index (χ1v) is 6.68. The maximum absolute atomic E-state index is 13.3. The highest BCUT2D eigenvalue weighted by Crippen LogP contribution is 2.43. The molecule has 0 fully saturated rings. The van der Waals surface area contributed by atoms with Gasteiger partial charge in [-0.25, -0.2) is 0 Å². The third-order valence-corrected chi connectivity index (χ3v) is 3.23. The molecule has 0 aliphatic carbocycles. The first-order chi connectivity index (χ1) is 10.7. The summed E-state index contributed by atoms with van der Waals surface area (Å²) in [4.78, 5) is 0. The molecule has 2 nitrogen and oxygen atoms in total. The van der Waals surface area contributed by atoms with E-state index in [0.29, 0.717) is 0 Å². The normalized spacial score (nSPS) is 13.7. The van der Waals surface area contributed by atoms with Gasteiger partial charge in [-0.15, -0.1) is 0 Å². The van der Waals surface area contributed by atoms with Crippen LogP contribution in [0.5, 0.6) is 5.75 Å². The van der Waals surface area contributed by atoms with Gasteiger partial charge < -0.3 is 10.5 Å². The fourth-order valence-corrected chi connectivity index (χ4v) is 1.92. The second kappa shape index (κ2) is 6.54. The molecule has 0 saturated heterocycles. The summed E-state index contributed by atoms with van der Waals surface area (Å²) in [7, 11) is 0. The van der Waals surface area contributed by atoms with Crippen molar-refractivity contribution in [3.05, 3.63) is 65.7 Å². The Morgan fingerprint density at radius 3 is 2.17 bits per heavy atom. The molecule has 0 spiro atoms. The van der Waals surface area contributed by atoms with Gasteiger partial charge in [-0.2, -0.15) is 22.0 Å². The Morgan fingerprint density at radius 2 is 1.57 bits per heavy atom. The van der Waals surface area contributed by atoms with Crippen LogP contribution in [0.1, 0.15) is 17.2 Å². The molecule has 2 rings (SSSR count). The highest BCUT2D eigenvalue weighted by atomic mass is 19.4. The van der Waals surface area contributed by atoms with Crippen LogP contribution in [0.2, 0.25) is 0 Å². The van der Waals surface area contributed by atoms with Crippen LogP contribution in [-0.2, 0) is 6.61 Å². The molecule has 0 radical (unpaired) electrons. The predicted octanol–water partition coefficient (Wildman–Crippen LogP) is 4.46. The quantitative estimate of drug-likeness (QED) is 0.821. The number of hydrogen-bond acceptors (Lipinski definition) is 2. The van der Waals surface area contributed by atoms with E-state index in [1.807, 2.05) is 6.07 Å². The smallest absolute Gasteiger partial charge is 0.455 e. The van der Waals surface area contributed by atoms with E-state index in [1.54, 1.807) is 24.3 Å². The molecule has 2 aromatic rings. The van der Waals surface area contributed by atoms with Gasteiger partial charge in [0.05, 0.1) is 0 Å². The zero-order valence-electron chi connectivity index (χ0n) is 11.9. The van der Waals surface area contributed by atoms with Gasteiger partial charge >= 0.3 is 12.1 Å². The summed E-state index contributed by atoms with van der Waals surface area (Å²) in [6.07, 6.45) is -5.71. The predicted molar refractivity (Wildman–Crippen MR) is 75.1 cm³/mol. The third-order valence-electron chi connectivity index (χ3n) is 3.23. The van der Waals surface area contributed by atoms with Crippen LogP contribution >= 0.6 is 0 Å². The van der Waals surface area contributed by atoms with E-state index in [1.165, 1.54) is 12.1 Å². The van der Waals surface area contributed by atoms with Crippen molar-refractivity contribution in [1.29, 1.82) is 0 Å². The molecule has 0 aliphatic heterocycles. The summed E-state index contributed by atoms with van der Waals surface area (Å²) in [5.41, 5.74) is 5.60. The minimum absolute atomic E-state index is 0.162. The molecule has 0 aliphatic rings. The van der Waals surface area contributed by atoms with Crippen molar-refractivity contribution in [1.82, 2.24) is 0 Å². The van der Waals surface area contributed by atoms with E-state index in [0.717, 1.165) is 17.7 Å². The largest absolute Gasteiger partial charge is 0.489 e. The van der Waals surface area contributed by atoms with E-state index < -0.39 is 18.1 Å². The summed E-state index contributed by atoms with van der Waals surface area (Å²) in [5, 5.41) is 0. The molecule has 2 N–H and O–H groups in total. The van der Waals surface area contributed by atoms with Crippen LogP contribution < -0.4 is 10.5 Å². The Bertz CT molecular complexity index is 642. The lowest BCUT2D eigenvalue weighted by molar-refractivity contribution is -0.291. The Labute approximate surface area is 129 Å². The van der Waals surface area contributed by atoms with Gasteiger partial charge in [0, 0.05) is 0 Å². The zero-order chi connectivity index (χ0) is 17.1. The number of ether oxygens (including phenoxy) is 1. The Balaban J connectivity index is 2.13. The summed E-state index contributed by atoms with van der Waals surface area (Å²) in [6.45, 7) is 0.162. The van der Waals surface area contributed by atoms with Crippen LogP contribution in [0.25, 0.3) is 0 Å². The molecular weight excluding hydrogens is 317 g/mol. The average Bonchev–Trinajstić information content (AvgIpc) is 2.52. The average molecular weight is 331 g/mol. The lowest BCUT2D eigenvalue weighted by Gasteiger charge is -2.26. The first kappa shape index (κ1) is 17.2. The van der Waals surface area contributed by atoms with Gasteiger partial charge in [0.25, 0.3) is 0 Å². The number of alkyl halides is 5. The molecule has 0 amide bonds. The summed E-state index contributed by atoms with van der Waals surface area (Å²) >= 11 is 0. The lowest BCUT2D eigenvalue weighted by Crippen LogP contribution is -2.45. The number of hydrogen-bond donors (Lipinski definition) is 1. The van der Waals surface area contributed by atoms with Crippen molar-refractivity contribution in [2.75, 3.05) is 0 Å². The van der Waals surface area contributed by atoms with Gasteiger partial charge in [0.15, 0.2) is 0 Å². The lowest BCUT2D eigenvalue weighted by atomic mass is 10.0. The van der Waals surface area contributed by atoms with Crippen molar-refractivity contribution < 1.29 is 26.7 Å². The van der Waals surface area contributed by atoms with E-state index >= 15 is 0 Å². The first-order valence-electron chi connectivity index (χ1n) is 6.68. The molecule has 1 atom stereocenters. The van der Waals surface area contributed by atoms with Crippen LogP contribution in [0.4, 0.5) is 22.0 Å². The maximum atomic E-state index is 13.3. The molecule has 23 heavy (non-hydrogen) atoms. The number of benzene rings is 2. The van der Waals surface area contributed by atoms with Crippen molar-refractivity contribution in [2.45, 2.75) is 24.7 Å². The molecule has 0 heterocycles. The Kier molecular flexibility index (Phi) is 4.89. The zero-order valence-corrected chi connectivity index (χ0v) is 11.9. The van der Waals surface area contributed by atoms with Crippen molar-refractivity contribution >= 4 is 0 Å². The Hall–Kier alpha value is -2.15. The minimum Gasteiger partial charge on any atom is -0.489 e. The summed E-state index contributed by atoms with van der Waals surface area (Å²) < 4.78 is 69.1. The minimum atomic E-state index is -5.71. The van der Waals surface area contributed by atoms with Gasteiger partial charge in [-0.3, -0.25) is 0 Å². The fraction of sp³-hybridized carbons (Fsp3) is 0.250. The summed E-state index contributed by atoms with van der Waals surface area (Å²) in [6, 6.07) is 11.5. The number of nitrogens with two attached hydrogens (primary N) is 1. The molecule has 0 bridgehead atoms. The molecule has 2 aromatic carbocycles. The van der Waals surface area contributed by atoms with E-state index in [2.05, 4.69) is 0 Å². The molecule has 124 valence electrons. The standard InChI is InChI=1S/C16H14F5NO/c17-15(18,16(19,20)21)14(22)12-7-4-8-13(9-12)23-10-11-5-2-1-3-6-11/h1-9,14H,10,22H2/t14-/m1/s1.